The van der Waals surface area contributed by atoms with E-state index < -0.39 is 7.82 Å². The summed E-state index contributed by atoms with van der Waals surface area (Å²) < 4.78 is 13.6. The fourth-order valence-corrected chi connectivity index (χ4v) is 2.79. The first-order valence-electron chi connectivity index (χ1n) is 10.4. The van der Waals surface area contributed by atoms with Gasteiger partial charge in [-0.3, -0.25) is 4.79 Å². The van der Waals surface area contributed by atoms with Crippen LogP contribution in [0.4, 0.5) is 0 Å². The van der Waals surface area contributed by atoms with Gasteiger partial charge < -0.3 is 19.4 Å². The molecular weight excluding hydrogens is 367 g/mol. The third-order valence-corrected chi connectivity index (χ3v) is 4.20. The molecule has 3 N–H and O–H groups in total. The van der Waals surface area contributed by atoms with Crippen LogP contribution in [0.2, 0.25) is 0 Å². The second kappa shape index (κ2) is 21.6. The van der Waals surface area contributed by atoms with Gasteiger partial charge in [-0.2, -0.15) is 0 Å². The number of hydrogen-bond donors (Lipinski definition) is 3. The van der Waals surface area contributed by atoms with Gasteiger partial charge >= 0.3 is 13.8 Å². The highest BCUT2D eigenvalue weighted by Crippen LogP contribution is 2.25. The lowest BCUT2D eigenvalue weighted by Gasteiger charge is -2.03. The van der Waals surface area contributed by atoms with Crippen LogP contribution in [0.5, 0.6) is 0 Å². The molecule has 0 unspecified atom stereocenters. The molecular formula is C20H41O6P. The van der Waals surface area contributed by atoms with Crippen LogP contribution in [0, 0.1) is 0 Å². The third-order valence-electron chi connectivity index (χ3n) is 4.20. The number of hydrogen-bond acceptors (Lipinski definition) is 3. The van der Waals surface area contributed by atoms with Gasteiger partial charge in [-0.05, 0) is 6.42 Å². The molecule has 6 nitrogen and oxygen atoms in total. The molecule has 162 valence electrons. The van der Waals surface area contributed by atoms with E-state index in [1.807, 2.05) is 0 Å². The van der Waals surface area contributed by atoms with Crippen LogP contribution in [0.1, 0.15) is 110 Å². The standard InChI is InChI=1S/C20H38O2.H3O4P/c1-3-5-6-7-8-9-10-11-12-13-14-15-16-17-18-19-20(21)22-4-2;1-5(2,3)4/h4H,2-3,5-19H2,1H3;(H3,1,2,3,4). The Bertz CT molecular complexity index is 372. The summed E-state index contributed by atoms with van der Waals surface area (Å²) >= 11 is 0. The first-order chi connectivity index (χ1) is 12.8. The lowest BCUT2D eigenvalue weighted by atomic mass is 10.0. The SMILES string of the molecule is C=COC(=O)CCCCCCCCCCCCCCCCC.O=P(O)(O)O. The van der Waals surface area contributed by atoms with Crippen molar-refractivity contribution in [2.75, 3.05) is 0 Å². The number of carbonyl (C=O) groups is 1. The van der Waals surface area contributed by atoms with Gasteiger partial charge in [0, 0.05) is 6.42 Å². The van der Waals surface area contributed by atoms with E-state index in [1.54, 1.807) is 0 Å². The van der Waals surface area contributed by atoms with Gasteiger partial charge in [-0.1, -0.05) is 103 Å². The maximum Gasteiger partial charge on any atom is 0.466 e. The molecule has 7 heteroatoms. The van der Waals surface area contributed by atoms with Crippen LogP contribution >= 0.6 is 7.82 Å². The van der Waals surface area contributed by atoms with Crippen molar-refractivity contribution in [3.8, 4) is 0 Å². The van der Waals surface area contributed by atoms with Crippen molar-refractivity contribution in [1.82, 2.24) is 0 Å². The normalized spacial score (nSPS) is 10.8. The van der Waals surface area contributed by atoms with Crippen molar-refractivity contribution >= 4 is 13.8 Å². The highest BCUT2D eigenvalue weighted by Gasteiger charge is 2.00. The van der Waals surface area contributed by atoms with Gasteiger partial charge in [-0.15, -0.1) is 0 Å². The van der Waals surface area contributed by atoms with Gasteiger partial charge in [0.1, 0.15) is 0 Å². The minimum absolute atomic E-state index is 0.148. The minimum atomic E-state index is -4.64. The summed E-state index contributed by atoms with van der Waals surface area (Å²) in [6, 6.07) is 0. The number of unbranched alkanes of at least 4 members (excludes halogenated alkanes) is 14. The number of esters is 1. The van der Waals surface area contributed by atoms with Crippen LogP contribution in [0.25, 0.3) is 0 Å². The molecule has 0 bridgehead atoms. The summed E-state index contributed by atoms with van der Waals surface area (Å²) in [7, 11) is -4.64. The maximum atomic E-state index is 11.1. The second-order valence-electron chi connectivity index (χ2n) is 6.87. The quantitative estimate of drug-likeness (QED) is 0.118. The summed E-state index contributed by atoms with van der Waals surface area (Å²) in [5, 5.41) is 0. The first kappa shape index (κ1) is 28.5. The molecule has 0 aliphatic carbocycles. The van der Waals surface area contributed by atoms with Gasteiger partial charge in [0.15, 0.2) is 0 Å². The molecule has 0 fully saturated rings. The average molecular weight is 409 g/mol. The Hall–Kier alpha value is -0.680. The zero-order chi connectivity index (χ0) is 20.8. The molecule has 0 aromatic carbocycles. The zero-order valence-corrected chi connectivity index (χ0v) is 18.0. The second-order valence-corrected chi connectivity index (χ2v) is 7.90. The molecule has 0 aliphatic heterocycles. The van der Waals surface area contributed by atoms with E-state index in [0.717, 1.165) is 12.8 Å². The van der Waals surface area contributed by atoms with Crippen molar-refractivity contribution in [2.24, 2.45) is 0 Å². The van der Waals surface area contributed by atoms with Crippen molar-refractivity contribution < 1.29 is 28.8 Å². The Morgan fingerprint density at radius 1 is 0.778 bits per heavy atom. The predicted molar refractivity (Wildman–Crippen MR) is 110 cm³/mol. The van der Waals surface area contributed by atoms with Gasteiger partial charge in [-0.25, -0.2) is 4.57 Å². The molecule has 0 radical (unpaired) electrons. The fraction of sp³-hybridized carbons (Fsp3) is 0.850. The van der Waals surface area contributed by atoms with Crippen LogP contribution in [-0.4, -0.2) is 20.6 Å². The predicted octanol–water partition coefficient (Wildman–Crippen LogP) is 6.01. The van der Waals surface area contributed by atoms with E-state index in [-0.39, 0.29) is 5.97 Å². The van der Waals surface area contributed by atoms with E-state index in [2.05, 4.69) is 18.2 Å². The van der Waals surface area contributed by atoms with E-state index >= 15 is 0 Å². The van der Waals surface area contributed by atoms with Crippen LogP contribution in [0.3, 0.4) is 0 Å². The Kier molecular flexibility index (Phi) is 22.8. The minimum Gasteiger partial charge on any atom is -0.435 e. The Morgan fingerprint density at radius 3 is 1.37 bits per heavy atom. The van der Waals surface area contributed by atoms with Crippen LogP contribution < -0.4 is 0 Å². The molecule has 27 heavy (non-hydrogen) atoms. The van der Waals surface area contributed by atoms with E-state index in [1.165, 1.54) is 89.7 Å². The highest BCUT2D eigenvalue weighted by molar-refractivity contribution is 7.45. The summed E-state index contributed by atoms with van der Waals surface area (Å²) in [6.07, 6.45) is 21.9. The summed E-state index contributed by atoms with van der Waals surface area (Å²) in [5.74, 6) is -0.148. The average Bonchev–Trinajstić information content (AvgIpc) is 2.57. The first-order valence-corrected chi connectivity index (χ1v) is 12.0. The maximum absolute atomic E-state index is 11.1. The van der Waals surface area contributed by atoms with Crippen LogP contribution in [-0.2, 0) is 14.1 Å². The summed E-state index contributed by atoms with van der Waals surface area (Å²) in [4.78, 5) is 32.6. The van der Waals surface area contributed by atoms with E-state index in [9.17, 15) is 4.79 Å². The summed E-state index contributed by atoms with van der Waals surface area (Å²) in [6.45, 7) is 5.65. The van der Waals surface area contributed by atoms with Crippen LogP contribution in [0.15, 0.2) is 12.8 Å². The van der Waals surface area contributed by atoms with Crippen molar-refractivity contribution in [1.29, 1.82) is 0 Å². The van der Waals surface area contributed by atoms with Gasteiger partial charge in [0.2, 0.25) is 0 Å². The number of carbonyl (C=O) groups excluding carboxylic acids is 1. The van der Waals surface area contributed by atoms with Gasteiger partial charge in [0.05, 0.1) is 6.26 Å². The fourth-order valence-electron chi connectivity index (χ4n) is 2.79. The lowest BCUT2D eigenvalue weighted by molar-refractivity contribution is -0.138. The summed E-state index contributed by atoms with van der Waals surface area (Å²) in [5.41, 5.74) is 0. The molecule has 0 spiro atoms. The number of rotatable bonds is 17. The zero-order valence-electron chi connectivity index (χ0n) is 17.1. The Labute approximate surface area is 165 Å². The molecule has 0 aromatic heterocycles. The molecule has 0 aliphatic rings. The molecule has 0 saturated heterocycles. The smallest absolute Gasteiger partial charge is 0.435 e. The molecule has 0 atom stereocenters. The number of ether oxygens (including phenoxy) is 1. The van der Waals surface area contributed by atoms with E-state index in [4.69, 9.17) is 19.2 Å². The largest absolute Gasteiger partial charge is 0.466 e. The highest BCUT2D eigenvalue weighted by atomic mass is 31.2. The molecule has 0 amide bonds. The van der Waals surface area contributed by atoms with Crippen molar-refractivity contribution in [2.45, 2.75) is 110 Å². The van der Waals surface area contributed by atoms with E-state index in [0.29, 0.717) is 6.42 Å². The van der Waals surface area contributed by atoms with Crippen molar-refractivity contribution in [3.63, 3.8) is 0 Å². The number of phosphoric acid groups is 1. The molecule has 0 saturated carbocycles. The molecule has 0 aromatic rings. The lowest BCUT2D eigenvalue weighted by Crippen LogP contribution is -1.98. The van der Waals surface area contributed by atoms with Gasteiger partial charge in [0.25, 0.3) is 0 Å². The molecule has 0 heterocycles. The monoisotopic (exact) mass is 408 g/mol. The Morgan fingerprint density at radius 2 is 1.07 bits per heavy atom. The van der Waals surface area contributed by atoms with Crippen molar-refractivity contribution in [3.05, 3.63) is 12.8 Å². The molecule has 0 rings (SSSR count). The Balaban J connectivity index is 0. The topological polar surface area (TPSA) is 104 Å². The third kappa shape index (κ3) is 36.9.